The molecule has 2 rings (SSSR count). The van der Waals surface area contributed by atoms with Crippen molar-refractivity contribution < 1.29 is 14.2 Å². The van der Waals surface area contributed by atoms with Gasteiger partial charge in [-0.2, -0.15) is 0 Å². The lowest BCUT2D eigenvalue weighted by atomic mass is 9.93. The van der Waals surface area contributed by atoms with Gasteiger partial charge in [0.1, 0.15) is 11.5 Å². The molecule has 5 heteroatoms. The van der Waals surface area contributed by atoms with Crippen LogP contribution in [0.2, 0.25) is 0 Å². The van der Waals surface area contributed by atoms with E-state index in [1.165, 1.54) is 0 Å². The summed E-state index contributed by atoms with van der Waals surface area (Å²) in [6.45, 7) is 2.95. The van der Waals surface area contributed by atoms with Crippen LogP contribution in [0.25, 0.3) is 0 Å². The van der Waals surface area contributed by atoms with Crippen LogP contribution in [0.3, 0.4) is 0 Å². The summed E-state index contributed by atoms with van der Waals surface area (Å²) in [6, 6.07) is 3.93. The Morgan fingerprint density at radius 3 is 2.47 bits per heavy atom. The standard InChI is InChI=1S/C14H18Br2O3/c1-14(5-4-6-19-14)13(16)9-7-12(18-3)10(15)8-11(9)17-2/h7-8,13H,4-6H2,1-3H3. The SMILES string of the molecule is COc1cc(C(Br)C2(C)CCCO2)c(OC)cc1Br. The molecule has 2 atom stereocenters. The Morgan fingerprint density at radius 1 is 1.26 bits per heavy atom. The van der Waals surface area contributed by atoms with Crippen molar-refractivity contribution in [3.05, 3.63) is 22.2 Å². The fraction of sp³-hybridized carbons (Fsp3) is 0.571. The lowest BCUT2D eigenvalue weighted by Crippen LogP contribution is -2.28. The molecule has 1 fully saturated rings. The molecule has 1 aliphatic heterocycles. The third kappa shape index (κ3) is 2.93. The van der Waals surface area contributed by atoms with Crippen LogP contribution in [0.1, 0.15) is 30.2 Å². The van der Waals surface area contributed by atoms with Gasteiger partial charge < -0.3 is 14.2 Å². The van der Waals surface area contributed by atoms with Crippen molar-refractivity contribution in [1.29, 1.82) is 0 Å². The predicted octanol–water partition coefficient (Wildman–Crippen LogP) is 4.47. The van der Waals surface area contributed by atoms with Crippen LogP contribution in [-0.2, 0) is 4.74 Å². The van der Waals surface area contributed by atoms with Crippen LogP contribution >= 0.6 is 31.9 Å². The molecule has 1 aromatic carbocycles. The van der Waals surface area contributed by atoms with Crippen molar-refractivity contribution in [2.75, 3.05) is 20.8 Å². The molecular weight excluding hydrogens is 376 g/mol. The van der Waals surface area contributed by atoms with E-state index in [1.54, 1.807) is 14.2 Å². The molecule has 0 spiro atoms. The van der Waals surface area contributed by atoms with E-state index in [4.69, 9.17) is 14.2 Å². The lowest BCUT2D eigenvalue weighted by molar-refractivity contribution is 0.0193. The number of alkyl halides is 1. The molecule has 1 saturated heterocycles. The Balaban J connectivity index is 2.42. The van der Waals surface area contributed by atoms with Crippen molar-refractivity contribution in [1.82, 2.24) is 0 Å². The van der Waals surface area contributed by atoms with E-state index in [-0.39, 0.29) is 10.4 Å². The maximum Gasteiger partial charge on any atom is 0.133 e. The molecule has 1 aliphatic rings. The van der Waals surface area contributed by atoms with Crippen molar-refractivity contribution in [3.8, 4) is 11.5 Å². The number of hydrogen-bond donors (Lipinski definition) is 0. The van der Waals surface area contributed by atoms with Crippen LogP contribution in [0, 0.1) is 0 Å². The van der Waals surface area contributed by atoms with E-state index in [0.717, 1.165) is 41.0 Å². The van der Waals surface area contributed by atoms with Gasteiger partial charge in [0.25, 0.3) is 0 Å². The molecule has 0 radical (unpaired) electrons. The van der Waals surface area contributed by atoms with Gasteiger partial charge in [-0.25, -0.2) is 0 Å². The number of ether oxygens (including phenoxy) is 3. The van der Waals surface area contributed by atoms with Gasteiger partial charge in [0.2, 0.25) is 0 Å². The zero-order valence-electron chi connectivity index (χ0n) is 11.3. The average Bonchev–Trinajstić information content (AvgIpc) is 2.85. The topological polar surface area (TPSA) is 27.7 Å². The normalized spacial score (nSPS) is 24.3. The maximum absolute atomic E-state index is 5.90. The van der Waals surface area contributed by atoms with Gasteiger partial charge in [0.05, 0.1) is 29.1 Å². The summed E-state index contributed by atoms with van der Waals surface area (Å²) >= 11 is 7.25. The van der Waals surface area contributed by atoms with Gasteiger partial charge in [-0.15, -0.1) is 0 Å². The summed E-state index contributed by atoms with van der Waals surface area (Å²) in [7, 11) is 3.34. The molecule has 0 aliphatic carbocycles. The monoisotopic (exact) mass is 392 g/mol. The molecule has 1 heterocycles. The number of halogens is 2. The second kappa shape index (κ2) is 6.02. The van der Waals surface area contributed by atoms with Crippen LogP contribution < -0.4 is 9.47 Å². The minimum absolute atomic E-state index is 0.0689. The second-order valence-electron chi connectivity index (χ2n) is 4.86. The maximum atomic E-state index is 5.90. The molecule has 19 heavy (non-hydrogen) atoms. The van der Waals surface area contributed by atoms with Crippen molar-refractivity contribution >= 4 is 31.9 Å². The fourth-order valence-corrected chi connectivity index (χ4v) is 3.61. The second-order valence-corrected chi connectivity index (χ2v) is 6.63. The molecular formula is C14H18Br2O3. The highest BCUT2D eigenvalue weighted by Gasteiger charge is 2.39. The minimum atomic E-state index is -0.202. The summed E-state index contributed by atoms with van der Waals surface area (Å²) in [5, 5.41) is 0. The van der Waals surface area contributed by atoms with Gasteiger partial charge in [-0.05, 0) is 47.8 Å². The molecule has 0 N–H and O–H groups in total. The summed E-state index contributed by atoms with van der Waals surface area (Å²) in [6.07, 6.45) is 2.12. The first-order chi connectivity index (χ1) is 9.01. The predicted molar refractivity (Wildman–Crippen MR) is 82.5 cm³/mol. The molecule has 0 saturated carbocycles. The zero-order chi connectivity index (χ0) is 14.0. The van der Waals surface area contributed by atoms with Gasteiger partial charge in [0.15, 0.2) is 0 Å². The first kappa shape index (κ1) is 15.1. The molecule has 0 aromatic heterocycles. The smallest absolute Gasteiger partial charge is 0.133 e. The van der Waals surface area contributed by atoms with Crippen molar-refractivity contribution in [2.24, 2.45) is 0 Å². The highest BCUT2D eigenvalue weighted by Crippen LogP contribution is 2.48. The van der Waals surface area contributed by atoms with Gasteiger partial charge in [-0.1, -0.05) is 15.9 Å². The van der Waals surface area contributed by atoms with Gasteiger partial charge >= 0.3 is 0 Å². The highest BCUT2D eigenvalue weighted by atomic mass is 79.9. The molecule has 106 valence electrons. The quantitative estimate of drug-likeness (QED) is 0.706. The van der Waals surface area contributed by atoms with E-state index in [0.29, 0.717) is 0 Å². The minimum Gasteiger partial charge on any atom is -0.496 e. The molecule has 1 aromatic rings. The summed E-state index contributed by atoms with van der Waals surface area (Å²) in [4.78, 5) is 0.0689. The molecule has 3 nitrogen and oxygen atoms in total. The summed E-state index contributed by atoms with van der Waals surface area (Å²) in [5.74, 6) is 1.62. The number of rotatable bonds is 4. The molecule has 2 unspecified atom stereocenters. The third-order valence-corrected chi connectivity index (χ3v) is 5.64. The summed E-state index contributed by atoms with van der Waals surface area (Å²) in [5.41, 5.74) is 0.846. The number of hydrogen-bond acceptors (Lipinski definition) is 3. The zero-order valence-corrected chi connectivity index (χ0v) is 14.5. The van der Waals surface area contributed by atoms with Crippen LogP contribution in [0.4, 0.5) is 0 Å². The van der Waals surface area contributed by atoms with Gasteiger partial charge in [-0.3, -0.25) is 0 Å². The number of benzene rings is 1. The van der Waals surface area contributed by atoms with Crippen LogP contribution in [0.5, 0.6) is 11.5 Å². The van der Waals surface area contributed by atoms with Crippen molar-refractivity contribution in [3.63, 3.8) is 0 Å². The fourth-order valence-electron chi connectivity index (χ4n) is 2.41. The number of methoxy groups -OCH3 is 2. The Kier molecular flexibility index (Phi) is 4.79. The van der Waals surface area contributed by atoms with E-state index in [2.05, 4.69) is 38.8 Å². The average molecular weight is 394 g/mol. The van der Waals surface area contributed by atoms with E-state index in [1.807, 2.05) is 12.1 Å². The van der Waals surface area contributed by atoms with E-state index < -0.39 is 0 Å². The van der Waals surface area contributed by atoms with Crippen LogP contribution in [0.15, 0.2) is 16.6 Å². The molecule has 0 amide bonds. The summed E-state index contributed by atoms with van der Waals surface area (Å²) < 4.78 is 17.6. The molecule has 0 bridgehead atoms. The van der Waals surface area contributed by atoms with E-state index >= 15 is 0 Å². The highest BCUT2D eigenvalue weighted by molar-refractivity contribution is 9.10. The van der Waals surface area contributed by atoms with Crippen molar-refractivity contribution in [2.45, 2.75) is 30.2 Å². The Bertz CT molecular complexity index is 456. The Labute approximate surface area is 130 Å². The Morgan fingerprint density at radius 2 is 1.95 bits per heavy atom. The third-order valence-electron chi connectivity index (χ3n) is 3.56. The van der Waals surface area contributed by atoms with E-state index in [9.17, 15) is 0 Å². The first-order valence-corrected chi connectivity index (χ1v) is 7.92. The largest absolute Gasteiger partial charge is 0.496 e. The van der Waals surface area contributed by atoms with Crippen LogP contribution in [-0.4, -0.2) is 26.4 Å². The lowest BCUT2D eigenvalue weighted by Gasteiger charge is -2.30. The van der Waals surface area contributed by atoms with Gasteiger partial charge in [0, 0.05) is 12.2 Å². The first-order valence-electron chi connectivity index (χ1n) is 6.21. The Hall–Kier alpha value is -0.260.